The van der Waals surface area contributed by atoms with Gasteiger partial charge in [-0.2, -0.15) is 0 Å². The van der Waals surface area contributed by atoms with Crippen LogP contribution >= 0.6 is 11.6 Å². The highest BCUT2D eigenvalue weighted by Gasteiger charge is 2.09. The Balaban J connectivity index is 1.77. The predicted molar refractivity (Wildman–Crippen MR) is 107 cm³/mol. The average molecular weight is 402 g/mol. The molecule has 0 bridgehead atoms. The van der Waals surface area contributed by atoms with Gasteiger partial charge in [-0.15, -0.1) is 0 Å². The number of nitrogens with one attached hydrogen (secondary N) is 1. The molecular weight excluding hydrogens is 382 g/mol. The van der Waals surface area contributed by atoms with Gasteiger partial charge in [0.05, 0.1) is 12.2 Å². The first-order valence-electron chi connectivity index (χ1n) is 8.65. The van der Waals surface area contributed by atoms with E-state index in [9.17, 15) is 14.4 Å². The second kappa shape index (κ2) is 10.9. The zero-order valence-corrected chi connectivity index (χ0v) is 16.1. The van der Waals surface area contributed by atoms with Crippen LogP contribution in [-0.4, -0.2) is 31.1 Å². The summed E-state index contributed by atoms with van der Waals surface area (Å²) < 4.78 is 9.92. The zero-order valence-electron chi connectivity index (χ0n) is 15.3. The minimum absolute atomic E-state index is 0.356. The molecule has 2 aromatic carbocycles. The molecule has 146 valence electrons. The lowest BCUT2D eigenvalue weighted by molar-refractivity contribution is -0.142. The molecule has 6 nitrogen and oxygen atoms in total. The van der Waals surface area contributed by atoms with E-state index in [2.05, 4.69) is 5.32 Å². The van der Waals surface area contributed by atoms with Gasteiger partial charge in [-0.1, -0.05) is 30.7 Å². The first-order chi connectivity index (χ1) is 13.5. The molecule has 0 saturated carbocycles. The molecular formula is C21H20ClNO5. The van der Waals surface area contributed by atoms with Gasteiger partial charge in [0.1, 0.15) is 0 Å². The van der Waals surface area contributed by atoms with Crippen molar-refractivity contribution in [3.05, 3.63) is 70.8 Å². The average Bonchev–Trinajstić information content (AvgIpc) is 2.70. The molecule has 0 radical (unpaired) electrons. The van der Waals surface area contributed by atoms with E-state index in [0.29, 0.717) is 22.9 Å². The molecule has 0 aliphatic carbocycles. The van der Waals surface area contributed by atoms with Crippen molar-refractivity contribution in [1.29, 1.82) is 0 Å². The minimum Gasteiger partial charge on any atom is -0.462 e. The lowest BCUT2D eigenvalue weighted by Crippen LogP contribution is -2.20. The molecule has 0 atom stereocenters. The molecule has 1 amide bonds. The van der Waals surface area contributed by atoms with Crippen molar-refractivity contribution in [2.24, 2.45) is 0 Å². The first-order valence-corrected chi connectivity index (χ1v) is 9.03. The van der Waals surface area contributed by atoms with Crippen LogP contribution in [0, 0.1) is 0 Å². The minimum atomic E-state index is -0.640. The number of benzene rings is 2. The quantitative estimate of drug-likeness (QED) is 0.532. The summed E-state index contributed by atoms with van der Waals surface area (Å²) in [6.45, 7) is 1.84. The van der Waals surface area contributed by atoms with Crippen LogP contribution in [0.5, 0.6) is 0 Å². The van der Waals surface area contributed by atoms with E-state index in [1.807, 2.05) is 6.92 Å². The van der Waals surface area contributed by atoms with Gasteiger partial charge in [0, 0.05) is 16.8 Å². The lowest BCUT2D eigenvalue weighted by atomic mass is 10.2. The maximum Gasteiger partial charge on any atom is 0.338 e. The van der Waals surface area contributed by atoms with E-state index in [1.54, 1.807) is 54.6 Å². The van der Waals surface area contributed by atoms with Crippen LogP contribution in [0.1, 0.15) is 29.3 Å². The number of carbonyl (C=O) groups excluding carboxylic acids is 3. The second-order valence-electron chi connectivity index (χ2n) is 5.75. The summed E-state index contributed by atoms with van der Waals surface area (Å²) in [5.41, 5.74) is 1.65. The van der Waals surface area contributed by atoms with Crippen LogP contribution in [-0.2, 0) is 19.1 Å². The van der Waals surface area contributed by atoms with Gasteiger partial charge in [-0.05, 0) is 54.5 Å². The molecule has 2 rings (SSSR count). The summed E-state index contributed by atoms with van der Waals surface area (Å²) in [4.78, 5) is 35.3. The highest BCUT2D eigenvalue weighted by Crippen LogP contribution is 2.12. The van der Waals surface area contributed by atoms with Gasteiger partial charge in [0.15, 0.2) is 6.61 Å². The topological polar surface area (TPSA) is 81.7 Å². The number of hydrogen-bond donors (Lipinski definition) is 1. The van der Waals surface area contributed by atoms with Crippen molar-refractivity contribution < 1.29 is 23.9 Å². The van der Waals surface area contributed by atoms with Crippen molar-refractivity contribution >= 4 is 41.2 Å². The van der Waals surface area contributed by atoms with Gasteiger partial charge >= 0.3 is 11.9 Å². The third-order valence-electron chi connectivity index (χ3n) is 3.47. The zero-order chi connectivity index (χ0) is 20.4. The van der Waals surface area contributed by atoms with Crippen molar-refractivity contribution in [2.45, 2.75) is 13.3 Å². The molecule has 28 heavy (non-hydrogen) atoms. The molecule has 2 aromatic rings. The number of ether oxygens (including phenoxy) is 2. The Labute approximate surface area is 168 Å². The lowest BCUT2D eigenvalue weighted by Gasteiger charge is -2.07. The molecule has 0 aliphatic rings. The summed E-state index contributed by atoms with van der Waals surface area (Å²) in [6, 6.07) is 13.2. The third-order valence-corrected chi connectivity index (χ3v) is 3.72. The van der Waals surface area contributed by atoms with Gasteiger partial charge in [-0.25, -0.2) is 9.59 Å². The Morgan fingerprint density at radius 2 is 1.68 bits per heavy atom. The van der Waals surface area contributed by atoms with Gasteiger partial charge in [0.2, 0.25) is 0 Å². The Kier molecular flexibility index (Phi) is 8.24. The standard InChI is InChI=1S/C21H20ClNO5/c1-2-13-27-21(26)16-6-10-18(11-7-16)23-19(24)14-28-20(25)12-5-15-3-8-17(22)9-4-15/h3-12H,2,13-14H2,1H3,(H,23,24)/b12-5+. The van der Waals surface area contributed by atoms with Crippen LogP contribution in [0.3, 0.4) is 0 Å². The molecule has 0 unspecified atom stereocenters. The van der Waals surface area contributed by atoms with Crippen molar-refractivity contribution in [3.63, 3.8) is 0 Å². The highest BCUT2D eigenvalue weighted by molar-refractivity contribution is 6.30. The third kappa shape index (κ3) is 7.25. The van der Waals surface area contributed by atoms with Crippen LogP contribution in [0.25, 0.3) is 6.08 Å². The predicted octanol–water partition coefficient (Wildman–Crippen LogP) is 4.10. The van der Waals surface area contributed by atoms with Crippen molar-refractivity contribution in [2.75, 3.05) is 18.5 Å². The van der Waals surface area contributed by atoms with E-state index in [4.69, 9.17) is 21.1 Å². The van der Waals surface area contributed by atoms with Gasteiger partial charge in [0.25, 0.3) is 5.91 Å². The highest BCUT2D eigenvalue weighted by atomic mass is 35.5. The number of rotatable bonds is 8. The molecule has 0 heterocycles. The molecule has 1 N–H and O–H groups in total. The summed E-state index contributed by atoms with van der Waals surface area (Å²) in [5, 5.41) is 3.18. The maximum atomic E-state index is 11.9. The normalized spacial score (nSPS) is 10.5. The summed E-state index contributed by atoms with van der Waals surface area (Å²) >= 11 is 5.79. The van der Waals surface area contributed by atoms with Crippen LogP contribution in [0.2, 0.25) is 5.02 Å². The molecule has 0 saturated heterocycles. The Morgan fingerprint density at radius 1 is 1.00 bits per heavy atom. The smallest absolute Gasteiger partial charge is 0.338 e. The monoisotopic (exact) mass is 401 g/mol. The van der Waals surface area contributed by atoms with Crippen LogP contribution < -0.4 is 5.32 Å². The van der Waals surface area contributed by atoms with E-state index in [0.717, 1.165) is 12.0 Å². The molecule has 0 aromatic heterocycles. The van der Waals surface area contributed by atoms with E-state index in [1.165, 1.54) is 6.08 Å². The largest absolute Gasteiger partial charge is 0.462 e. The number of esters is 2. The molecule has 0 fully saturated rings. The second-order valence-corrected chi connectivity index (χ2v) is 6.19. The van der Waals surface area contributed by atoms with E-state index < -0.39 is 24.5 Å². The maximum absolute atomic E-state index is 11.9. The van der Waals surface area contributed by atoms with Gasteiger partial charge < -0.3 is 14.8 Å². The molecule has 0 aliphatic heterocycles. The summed E-state index contributed by atoms with van der Waals surface area (Å²) in [6.07, 6.45) is 3.54. The fourth-order valence-corrected chi connectivity index (χ4v) is 2.21. The van der Waals surface area contributed by atoms with Crippen LogP contribution in [0.4, 0.5) is 5.69 Å². The van der Waals surface area contributed by atoms with E-state index >= 15 is 0 Å². The Bertz CT molecular complexity index is 844. The Morgan fingerprint density at radius 3 is 2.32 bits per heavy atom. The number of carbonyl (C=O) groups is 3. The molecule has 0 spiro atoms. The first kappa shape index (κ1) is 21.2. The fourth-order valence-electron chi connectivity index (χ4n) is 2.09. The van der Waals surface area contributed by atoms with Gasteiger partial charge in [-0.3, -0.25) is 4.79 Å². The molecule has 7 heteroatoms. The summed E-state index contributed by atoms with van der Waals surface area (Å²) in [7, 11) is 0. The SMILES string of the molecule is CCCOC(=O)c1ccc(NC(=O)COC(=O)/C=C/c2ccc(Cl)cc2)cc1. The van der Waals surface area contributed by atoms with Crippen molar-refractivity contribution in [3.8, 4) is 0 Å². The van der Waals surface area contributed by atoms with E-state index in [-0.39, 0.29) is 0 Å². The number of amides is 1. The number of halogens is 1. The van der Waals surface area contributed by atoms with Crippen molar-refractivity contribution in [1.82, 2.24) is 0 Å². The number of anilines is 1. The fraction of sp³-hybridized carbons (Fsp3) is 0.190. The Hall–Kier alpha value is -3.12. The number of hydrogen-bond acceptors (Lipinski definition) is 5. The summed E-state index contributed by atoms with van der Waals surface area (Å²) in [5.74, 6) is -1.55. The van der Waals surface area contributed by atoms with Crippen LogP contribution in [0.15, 0.2) is 54.6 Å².